The predicted molar refractivity (Wildman–Crippen MR) is 102 cm³/mol. The maximum atomic E-state index is 12.9. The number of methoxy groups -OCH3 is 1. The summed E-state index contributed by atoms with van der Waals surface area (Å²) in [6.07, 6.45) is 0. The van der Waals surface area contributed by atoms with Crippen LogP contribution >= 0.6 is 11.6 Å². The van der Waals surface area contributed by atoms with Crippen LogP contribution < -0.4 is 5.32 Å². The van der Waals surface area contributed by atoms with Crippen LogP contribution in [0.2, 0.25) is 5.02 Å². The van der Waals surface area contributed by atoms with Gasteiger partial charge in [-0.2, -0.15) is 0 Å². The normalized spacial score (nSPS) is 10.5. The number of ether oxygens (including phenoxy) is 1. The lowest BCUT2D eigenvalue weighted by Gasteiger charge is -2.10. The first-order chi connectivity index (χ1) is 12.9. The van der Waals surface area contributed by atoms with Gasteiger partial charge in [-0.1, -0.05) is 41.0 Å². The van der Waals surface area contributed by atoms with Crippen LogP contribution in [0.25, 0.3) is 11.3 Å². The number of hydrogen-bond donors (Lipinski definition) is 1. The van der Waals surface area contributed by atoms with E-state index in [4.69, 9.17) is 20.9 Å². The van der Waals surface area contributed by atoms with E-state index in [1.807, 2.05) is 6.92 Å². The van der Waals surface area contributed by atoms with Gasteiger partial charge in [0.05, 0.1) is 17.7 Å². The fourth-order valence-corrected chi connectivity index (χ4v) is 2.89. The van der Waals surface area contributed by atoms with Gasteiger partial charge >= 0.3 is 5.97 Å². The van der Waals surface area contributed by atoms with Crippen LogP contribution in [0.3, 0.4) is 0 Å². The van der Waals surface area contributed by atoms with Gasteiger partial charge in [0.15, 0.2) is 0 Å². The van der Waals surface area contributed by atoms with E-state index in [0.29, 0.717) is 33.3 Å². The fourth-order valence-electron chi connectivity index (χ4n) is 2.66. The second-order valence-corrected chi connectivity index (χ2v) is 6.32. The number of halogens is 1. The van der Waals surface area contributed by atoms with Crippen molar-refractivity contribution in [2.75, 3.05) is 12.4 Å². The van der Waals surface area contributed by atoms with Crippen molar-refractivity contribution in [1.29, 1.82) is 0 Å². The maximum Gasteiger partial charge on any atom is 0.337 e. The van der Waals surface area contributed by atoms with E-state index in [-0.39, 0.29) is 5.56 Å². The average molecular weight is 385 g/mol. The summed E-state index contributed by atoms with van der Waals surface area (Å²) < 4.78 is 9.96. The Morgan fingerprint density at radius 3 is 2.59 bits per heavy atom. The molecule has 0 spiro atoms. The molecule has 0 aliphatic heterocycles. The number of carbonyl (C=O) groups excluding carboxylic acids is 2. The fraction of sp³-hybridized carbons (Fsp3) is 0.150. The minimum Gasteiger partial charge on any atom is -0.465 e. The van der Waals surface area contributed by atoms with Crippen molar-refractivity contribution < 1.29 is 18.8 Å². The van der Waals surface area contributed by atoms with Crippen LogP contribution in [0, 0.1) is 13.8 Å². The Bertz CT molecular complexity index is 1030. The number of hydrogen-bond acceptors (Lipinski definition) is 5. The smallest absolute Gasteiger partial charge is 0.337 e. The molecular formula is C20H17ClN2O4. The van der Waals surface area contributed by atoms with Gasteiger partial charge in [0.25, 0.3) is 5.91 Å². The van der Waals surface area contributed by atoms with E-state index < -0.39 is 11.9 Å². The highest BCUT2D eigenvalue weighted by atomic mass is 35.5. The number of amides is 1. The molecule has 3 rings (SSSR count). The largest absolute Gasteiger partial charge is 0.465 e. The van der Waals surface area contributed by atoms with E-state index in [1.165, 1.54) is 7.11 Å². The van der Waals surface area contributed by atoms with Crippen molar-refractivity contribution in [3.8, 4) is 11.3 Å². The highest BCUT2D eigenvalue weighted by Gasteiger charge is 2.23. The zero-order valence-corrected chi connectivity index (χ0v) is 15.8. The van der Waals surface area contributed by atoms with Gasteiger partial charge < -0.3 is 14.6 Å². The van der Waals surface area contributed by atoms with Crippen LogP contribution in [-0.2, 0) is 4.74 Å². The van der Waals surface area contributed by atoms with Gasteiger partial charge in [-0.15, -0.1) is 0 Å². The number of nitrogens with one attached hydrogen (secondary N) is 1. The summed E-state index contributed by atoms with van der Waals surface area (Å²) in [4.78, 5) is 24.7. The van der Waals surface area contributed by atoms with E-state index in [2.05, 4.69) is 10.5 Å². The topological polar surface area (TPSA) is 81.4 Å². The zero-order chi connectivity index (χ0) is 19.6. The number of aromatic nitrogens is 1. The summed E-state index contributed by atoms with van der Waals surface area (Å²) >= 11 is 6.24. The Labute approximate surface area is 161 Å². The van der Waals surface area contributed by atoms with Crippen LogP contribution in [0.5, 0.6) is 0 Å². The maximum absolute atomic E-state index is 12.9. The van der Waals surface area contributed by atoms with E-state index in [0.717, 1.165) is 5.56 Å². The van der Waals surface area contributed by atoms with Crippen molar-refractivity contribution >= 4 is 29.2 Å². The van der Waals surface area contributed by atoms with E-state index >= 15 is 0 Å². The van der Waals surface area contributed by atoms with Gasteiger partial charge in [0.1, 0.15) is 17.0 Å². The number of carbonyl (C=O) groups is 2. The summed E-state index contributed by atoms with van der Waals surface area (Å²) in [5.74, 6) is -0.526. The molecule has 0 radical (unpaired) electrons. The second kappa shape index (κ2) is 7.63. The van der Waals surface area contributed by atoms with Crippen molar-refractivity contribution in [3.05, 3.63) is 69.9 Å². The molecule has 2 aromatic carbocycles. The van der Waals surface area contributed by atoms with Gasteiger partial charge in [-0.25, -0.2) is 4.79 Å². The Morgan fingerprint density at radius 1 is 1.15 bits per heavy atom. The molecule has 0 unspecified atom stereocenters. The summed E-state index contributed by atoms with van der Waals surface area (Å²) in [5.41, 5.74) is 2.87. The number of aryl methyl sites for hydroxylation is 2. The third kappa shape index (κ3) is 3.71. The Balaban J connectivity index is 1.98. The minimum absolute atomic E-state index is 0.283. The van der Waals surface area contributed by atoms with Crippen LogP contribution in [0.4, 0.5) is 5.69 Å². The van der Waals surface area contributed by atoms with E-state index in [1.54, 1.807) is 49.4 Å². The molecule has 1 N–H and O–H groups in total. The molecule has 6 nitrogen and oxygen atoms in total. The lowest BCUT2D eigenvalue weighted by atomic mass is 10.0. The molecule has 0 bridgehead atoms. The molecule has 0 fully saturated rings. The Hall–Kier alpha value is -3.12. The van der Waals surface area contributed by atoms with Crippen molar-refractivity contribution in [2.45, 2.75) is 13.8 Å². The lowest BCUT2D eigenvalue weighted by Crippen LogP contribution is -2.15. The first kappa shape index (κ1) is 18.7. The Kier molecular flexibility index (Phi) is 5.28. The van der Waals surface area contributed by atoms with Crippen LogP contribution in [0.15, 0.2) is 47.0 Å². The molecular weight excluding hydrogens is 368 g/mol. The molecule has 1 heterocycles. The number of anilines is 1. The van der Waals surface area contributed by atoms with Crippen LogP contribution in [-0.4, -0.2) is 24.1 Å². The van der Waals surface area contributed by atoms with Gasteiger partial charge in [0.2, 0.25) is 0 Å². The summed E-state index contributed by atoms with van der Waals surface area (Å²) in [5, 5.41) is 7.27. The van der Waals surface area contributed by atoms with Crippen LogP contribution in [0.1, 0.15) is 32.0 Å². The summed E-state index contributed by atoms with van der Waals surface area (Å²) in [6, 6.07) is 12.0. The summed E-state index contributed by atoms with van der Waals surface area (Å²) in [7, 11) is 1.30. The SMILES string of the molecule is COC(=O)c1ccc(C)c(NC(=O)c2c(-c3ccccc3Cl)noc2C)c1. The minimum atomic E-state index is -0.483. The van der Waals surface area contributed by atoms with Gasteiger partial charge in [-0.3, -0.25) is 4.79 Å². The quantitative estimate of drug-likeness (QED) is 0.662. The number of nitrogens with zero attached hydrogens (tertiary/aromatic N) is 1. The number of benzene rings is 2. The molecule has 27 heavy (non-hydrogen) atoms. The van der Waals surface area contributed by atoms with Crippen molar-refractivity contribution in [1.82, 2.24) is 5.16 Å². The Morgan fingerprint density at radius 2 is 1.89 bits per heavy atom. The molecule has 0 saturated heterocycles. The zero-order valence-electron chi connectivity index (χ0n) is 15.0. The molecule has 1 amide bonds. The van der Waals surface area contributed by atoms with Gasteiger partial charge in [0, 0.05) is 11.3 Å². The van der Waals surface area contributed by atoms with Crippen molar-refractivity contribution in [3.63, 3.8) is 0 Å². The number of rotatable bonds is 4. The molecule has 1 aromatic heterocycles. The van der Waals surface area contributed by atoms with Crippen molar-refractivity contribution in [2.24, 2.45) is 0 Å². The average Bonchev–Trinajstić information content (AvgIpc) is 3.04. The molecule has 3 aromatic rings. The highest BCUT2D eigenvalue weighted by Crippen LogP contribution is 2.31. The summed E-state index contributed by atoms with van der Waals surface area (Å²) in [6.45, 7) is 3.48. The third-order valence-electron chi connectivity index (χ3n) is 4.13. The first-order valence-electron chi connectivity index (χ1n) is 8.14. The molecule has 0 aliphatic rings. The monoisotopic (exact) mass is 384 g/mol. The van der Waals surface area contributed by atoms with Gasteiger partial charge in [-0.05, 0) is 37.6 Å². The highest BCUT2D eigenvalue weighted by molar-refractivity contribution is 6.33. The molecule has 0 atom stereocenters. The molecule has 0 saturated carbocycles. The van der Waals surface area contributed by atoms with E-state index in [9.17, 15) is 9.59 Å². The standard InChI is InChI=1S/C20H17ClN2O4/c1-11-8-9-13(20(25)26-3)10-16(11)22-19(24)17-12(2)27-23-18(17)14-6-4-5-7-15(14)21/h4-10H,1-3H3,(H,22,24). The predicted octanol–water partition coefficient (Wildman–Crippen LogP) is 4.65. The molecule has 138 valence electrons. The third-order valence-corrected chi connectivity index (χ3v) is 4.46. The number of esters is 1. The molecule has 7 heteroatoms. The lowest BCUT2D eigenvalue weighted by molar-refractivity contribution is 0.0600. The first-order valence-corrected chi connectivity index (χ1v) is 8.51. The second-order valence-electron chi connectivity index (χ2n) is 5.92. The molecule has 0 aliphatic carbocycles.